The van der Waals surface area contributed by atoms with E-state index in [-0.39, 0.29) is 17.2 Å². The molecule has 1 aliphatic rings. The lowest BCUT2D eigenvalue weighted by molar-refractivity contribution is -0.120. The Morgan fingerprint density at radius 2 is 2.00 bits per heavy atom. The monoisotopic (exact) mass is 314 g/mol. The van der Waals surface area contributed by atoms with E-state index < -0.39 is 0 Å². The van der Waals surface area contributed by atoms with Crippen molar-refractivity contribution in [1.29, 1.82) is 0 Å². The molecule has 1 saturated carbocycles. The molecular weight excluding hydrogens is 292 g/mol. The predicted molar refractivity (Wildman–Crippen MR) is 93.2 cm³/mol. The minimum atomic E-state index is 0.0410. The summed E-state index contributed by atoms with van der Waals surface area (Å²) in [7, 11) is 1.84. The number of carbonyl (C=O) groups excluding carboxylic acids is 1. The third kappa shape index (κ3) is 2.45. The summed E-state index contributed by atoms with van der Waals surface area (Å²) in [5.74, 6) is 0.563. The standard InChI is InChI=1S/C18H22N2OS/c1-11(2)10-12-15(18(12,3)4)16(21)20(5)17-19-13-8-6-7-9-14(13)22-17/h6-10,12,15H,1-5H3. The van der Waals surface area contributed by atoms with E-state index in [1.54, 1.807) is 16.2 Å². The molecule has 1 fully saturated rings. The van der Waals surface area contributed by atoms with Gasteiger partial charge in [0, 0.05) is 7.05 Å². The fourth-order valence-electron chi connectivity index (χ4n) is 3.13. The Kier molecular flexibility index (Phi) is 3.60. The third-order valence-corrected chi connectivity index (χ3v) is 5.70. The molecule has 2 unspecified atom stereocenters. The molecule has 1 amide bonds. The molecule has 0 N–H and O–H groups in total. The molecule has 2 atom stereocenters. The van der Waals surface area contributed by atoms with Gasteiger partial charge in [-0.15, -0.1) is 0 Å². The van der Waals surface area contributed by atoms with Gasteiger partial charge in [0.25, 0.3) is 0 Å². The normalized spacial score (nSPS) is 22.4. The first-order valence-electron chi connectivity index (χ1n) is 7.60. The molecule has 4 heteroatoms. The highest BCUT2D eigenvalue weighted by Crippen LogP contribution is 2.60. The molecule has 0 saturated heterocycles. The van der Waals surface area contributed by atoms with Crippen molar-refractivity contribution in [3.63, 3.8) is 0 Å². The second-order valence-corrected chi connectivity index (χ2v) is 7.94. The van der Waals surface area contributed by atoms with Crippen LogP contribution in [0.4, 0.5) is 5.13 Å². The van der Waals surface area contributed by atoms with Crippen LogP contribution in [-0.4, -0.2) is 17.9 Å². The fraction of sp³-hybridized carbons (Fsp3) is 0.444. The van der Waals surface area contributed by atoms with Crippen molar-refractivity contribution < 1.29 is 4.79 Å². The van der Waals surface area contributed by atoms with Gasteiger partial charge in [-0.2, -0.15) is 0 Å². The van der Waals surface area contributed by atoms with E-state index in [0.29, 0.717) is 5.92 Å². The summed E-state index contributed by atoms with van der Waals surface area (Å²) in [5, 5.41) is 0.782. The average molecular weight is 314 g/mol. The van der Waals surface area contributed by atoms with Crippen LogP contribution in [-0.2, 0) is 4.79 Å². The lowest BCUT2D eigenvalue weighted by atomic mass is 10.1. The number of allylic oxidation sites excluding steroid dienone is 2. The minimum Gasteiger partial charge on any atom is -0.291 e. The molecule has 0 bridgehead atoms. The number of carbonyl (C=O) groups is 1. The van der Waals surface area contributed by atoms with Crippen LogP contribution in [0.25, 0.3) is 10.2 Å². The summed E-state index contributed by atoms with van der Waals surface area (Å²) in [6.45, 7) is 8.53. The SMILES string of the molecule is CC(C)=CC1C(C(=O)N(C)c2nc3ccccc3s2)C1(C)C. The number of thiazole rings is 1. The Morgan fingerprint density at radius 1 is 1.32 bits per heavy atom. The van der Waals surface area contributed by atoms with Crippen molar-refractivity contribution >= 4 is 32.6 Å². The minimum absolute atomic E-state index is 0.0410. The zero-order chi connectivity index (χ0) is 16.1. The van der Waals surface area contributed by atoms with Gasteiger partial charge < -0.3 is 0 Å². The molecule has 1 aliphatic carbocycles. The molecule has 1 aromatic heterocycles. The van der Waals surface area contributed by atoms with Crippen LogP contribution in [0.15, 0.2) is 35.9 Å². The topological polar surface area (TPSA) is 33.2 Å². The van der Waals surface area contributed by atoms with Gasteiger partial charge in [0.15, 0.2) is 5.13 Å². The van der Waals surface area contributed by atoms with E-state index in [2.05, 4.69) is 38.8 Å². The molecule has 0 spiro atoms. The quantitative estimate of drug-likeness (QED) is 0.782. The molecule has 1 aromatic carbocycles. The third-order valence-electron chi connectivity index (χ3n) is 4.59. The smallest absolute Gasteiger partial charge is 0.232 e. The van der Waals surface area contributed by atoms with Crippen molar-refractivity contribution in [2.24, 2.45) is 17.3 Å². The molecule has 3 nitrogen and oxygen atoms in total. The van der Waals surface area contributed by atoms with E-state index in [4.69, 9.17) is 0 Å². The van der Waals surface area contributed by atoms with E-state index >= 15 is 0 Å². The second kappa shape index (κ2) is 5.20. The van der Waals surface area contributed by atoms with E-state index in [1.807, 2.05) is 31.3 Å². The summed E-state index contributed by atoms with van der Waals surface area (Å²) in [5.41, 5.74) is 2.27. The van der Waals surface area contributed by atoms with Gasteiger partial charge in [-0.25, -0.2) is 4.98 Å². The van der Waals surface area contributed by atoms with Gasteiger partial charge in [-0.3, -0.25) is 9.69 Å². The van der Waals surface area contributed by atoms with Gasteiger partial charge in [-0.1, -0.05) is 49.0 Å². The zero-order valence-corrected chi connectivity index (χ0v) is 14.6. The first kappa shape index (κ1) is 15.2. The Labute approximate surface area is 135 Å². The summed E-state index contributed by atoms with van der Waals surface area (Å²) in [4.78, 5) is 19.2. The van der Waals surface area contributed by atoms with Gasteiger partial charge in [-0.05, 0) is 37.3 Å². The van der Waals surface area contributed by atoms with Crippen LogP contribution < -0.4 is 4.90 Å². The first-order valence-corrected chi connectivity index (χ1v) is 8.42. The van der Waals surface area contributed by atoms with Crippen LogP contribution in [0.2, 0.25) is 0 Å². The molecule has 3 rings (SSSR count). The largest absolute Gasteiger partial charge is 0.291 e. The van der Waals surface area contributed by atoms with Gasteiger partial charge in [0.2, 0.25) is 5.91 Å². The number of aromatic nitrogens is 1. The number of benzene rings is 1. The van der Waals surface area contributed by atoms with E-state index in [1.165, 1.54) is 5.57 Å². The maximum atomic E-state index is 12.9. The molecular formula is C18H22N2OS. The number of anilines is 1. The van der Waals surface area contributed by atoms with Crippen LogP contribution in [0, 0.1) is 17.3 Å². The van der Waals surface area contributed by atoms with Crippen molar-refractivity contribution in [2.75, 3.05) is 11.9 Å². The Bertz CT molecular complexity index is 722. The van der Waals surface area contributed by atoms with Crippen molar-refractivity contribution in [2.45, 2.75) is 27.7 Å². The number of hydrogen-bond acceptors (Lipinski definition) is 3. The highest BCUT2D eigenvalue weighted by atomic mass is 32.1. The highest BCUT2D eigenvalue weighted by molar-refractivity contribution is 7.22. The van der Waals surface area contributed by atoms with Gasteiger partial charge in [0.05, 0.1) is 16.1 Å². The molecule has 2 aromatic rings. The Balaban J connectivity index is 1.85. The lowest BCUT2D eigenvalue weighted by Gasteiger charge is -2.14. The number of fused-ring (bicyclic) bond motifs is 1. The van der Waals surface area contributed by atoms with Crippen LogP contribution in [0.5, 0.6) is 0 Å². The predicted octanol–water partition coefficient (Wildman–Crippen LogP) is 4.50. The molecule has 22 heavy (non-hydrogen) atoms. The van der Waals surface area contributed by atoms with Crippen molar-refractivity contribution in [3.05, 3.63) is 35.9 Å². The maximum Gasteiger partial charge on any atom is 0.232 e. The number of amides is 1. The molecule has 116 valence electrons. The summed E-state index contributed by atoms with van der Waals surface area (Å²) in [6.07, 6.45) is 2.23. The van der Waals surface area contributed by atoms with Crippen LogP contribution in [0.3, 0.4) is 0 Å². The number of para-hydroxylation sites is 1. The van der Waals surface area contributed by atoms with E-state index in [0.717, 1.165) is 15.3 Å². The average Bonchev–Trinajstić information content (AvgIpc) is 2.84. The first-order chi connectivity index (χ1) is 10.3. The lowest BCUT2D eigenvalue weighted by Crippen LogP contribution is -2.29. The Hall–Kier alpha value is -1.68. The van der Waals surface area contributed by atoms with E-state index in [9.17, 15) is 4.79 Å². The van der Waals surface area contributed by atoms with Crippen molar-refractivity contribution in [3.8, 4) is 0 Å². The van der Waals surface area contributed by atoms with Crippen molar-refractivity contribution in [1.82, 2.24) is 4.98 Å². The molecule has 0 radical (unpaired) electrons. The summed E-state index contributed by atoms with van der Waals surface area (Å²) in [6, 6.07) is 8.01. The summed E-state index contributed by atoms with van der Waals surface area (Å²) < 4.78 is 1.12. The van der Waals surface area contributed by atoms with Crippen LogP contribution >= 0.6 is 11.3 Å². The van der Waals surface area contributed by atoms with Crippen LogP contribution in [0.1, 0.15) is 27.7 Å². The Morgan fingerprint density at radius 3 is 2.64 bits per heavy atom. The second-order valence-electron chi connectivity index (χ2n) is 6.93. The highest BCUT2D eigenvalue weighted by Gasteiger charge is 2.61. The van der Waals surface area contributed by atoms with Gasteiger partial charge in [0.1, 0.15) is 0 Å². The maximum absolute atomic E-state index is 12.9. The summed E-state index contributed by atoms with van der Waals surface area (Å²) >= 11 is 1.57. The number of nitrogens with zero attached hydrogens (tertiary/aromatic N) is 2. The fourth-order valence-corrected chi connectivity index (χ4v) is 4.06. The molecule has 0 aliphatic heterocycles. The molecule has 1 heterocycles. The zero-order valence-electron chi connectivity index (χ0n) is 13.8. The number of rotatable bonds is 3. The number of hydrogen-bond donors (Lipinski definition) is 0. The van der Waals surface area contributed by atoms with Gasteiger partial charge >= 0.3 is 0 Å².